The molecule has 4 nitrogen and oxygen atoms in total. The Morgan fingerprint density at radius 3 is 2.50 bits per heavy atom. The number of likely N-dealkylation sites (tertiary alicyclic amines) is 1. The zero-order chi connectivity index (χ0) is 16.1. The third-order valence-corrected chi connectivity index (χ3v) is 4.67. The molecule has 0 bridgehead atoms. The second kappa shape index (κ2) is 7.84. The maximum absolute atomic E-state index is 12.2. The predicted octanol–water partition coefficient (Wildman–Crippen LogP) is 3.75. The van der Waals surface area contributed by atoms with Crippen LogP contribution in [0.4, 0.5) is 5.69 Å². The number of hydrogen-bond acceptors (Lipinski definition) is 2. The number of anilines is 1. The van der Waals surface area contributed by atoms with Crippen LogP contribution >= 0.6 is 23.2 Å². The highest BCUT2D eigenvalue weighted by atomic mass is 35.5. The Morgan fingerprint density at radius 2 is 1.86 bits per heavy atom. The lowest BCUT2D eigenvalue weighted by Gasteiger charge is -2.28. The number of carbonyl (C=O) groups excluding carboxylic acids is 2. The summed E-state index contributed by atoms with van der Waals surface area (Å²) in [4.78, 5) is 27.5. The summed E-state index contributed by atoms with van der Waals surface area (Å²) in [6, 6.07) is 5.15. The third kappa shape index (κ3) is 4.14. The van der Waals surface area contributed by atoms with Crippen LogP contribution in [0, 0.1) is 0 Å². The van der Waals surface area contributed by atoms with Crippen molar-refractivity contribution in [1.82, 2.24) is 4.90 Å². The minimum absolute atomic E-state index is 0.0871. The molecule has 0 atom stereocenters. The van der Waals surface area contributed by atoms with E-state index in [1.165, 1.54) is 18.2 Å². The van der Waals surface area contributed by atoms with E-state index in [9.17, 15) is 9.59 Å². The molecule has 1 aromatic carbocycles. The topological polar surface area (TPSA) is 40.6 Å². The monoisotopic (exact) mass is 342 g/mol. The van der Waals surface area contributed by atoms with Gasteiger partial charge in [-0.1, -0.05) is 29.3 Å². The van der Waals surface area contributed by atoms with Gasteiger partial charge in [-0.05, 0) is 31.4 Å². The number of amides is 2. The van der Waals surface area contributed by atoms with Crippen molar-refractivity contribution in [3.05, 3.63) is 28.2 Å². The van der Waals surface area contributed by atoms with E-state index in [1.54, 1.807) is 18.2 Å². The van der Waals surface area contributed by atoms with Crippen LogP contribution < -0.4 is 4.90 Å². The average molecular weight is 343 g/mol. The number of hydrogen-bond donors (Lipinski definition) is 0. The Bertz CT molecular complexity index is 557. The molecule has 1 heterocycles. The summed E-state index contributed by atoms with van der Waals surface area (Å²) >= 11 is 12.2. The van der Waals surface area contributed by atoms with Gasteiger partial charge in [-0.3, -0.25) is 9.59 Å². The average Bonchev–Trinajstić information content (AvgIpc) is 2.51. The van der Waals surface area contributed by atoms with E-state index in [0.717, 1.165) is 25.9 Å². The maximum Gasteiger partial charge on any atom is 0.224 e. The Morgan fingerprint density at radius 1 is 1.18 bits per heavy atom. The molecule has 1 aliphatic heterocycles. The number of rotatable bonds is 4. The van der Waals surface area contributed by atoms with Crippen LogP contribution in [0.1, 0.15) is 32.6 Å². The normalized spacial score (nSPS) is 14.8. The molecule has 0 aromatic heterocycles. The van der Waals surface area contributed by atoms with Gasteiger partial charge in [0.25, 0.3) is 0 Å². The summed E-state index contributed by atoms with van der Waals surface area (Å²) < 4.78 is 0. The molecule has 2 rings (SSSR count). The van der Waals surface area contributed by atoms with E-state index in [2.05, 4.69) is 0 Å². The first-order chi connectivity index (χ1) is 10.5. The number of benzene rings is 1. The van der Waals surface area contributed by atoms with E-state index in [-0.39, 0.29) is 11.8 Å². The van der Waals surface area contributed by atoms with Gasteiger partial charge in [0.2, 0.25) is 11.8 Å². The molecule has 6 heteroatoms. The lowest BCUT2D eigenvalue weighted by Crippen LogP contribution is -2.39. The first kappa shape index (κ1) is 17.1. The largest absolute Gasteiger partial charge is 0.343 e. The molecule has 1 fully saturated rings. The summed E-state index contributed by atoms with van der Waals surface area (Å²) in [5.74, 6) is -0.0697. The molecular weight excluding hydrogens is 323 g/mol. The predicted molar refractivity (Wildman–Crippen MR) is 89.5 cm³/mol. The Kier molecular flexibility index (Phi) is 6.09. The van der Waals surface area contributed by atoms with Crippen molar-refractivity contribution in [2.24, 2.45) is 0 Å². The molecule has 1 aromatic rings. The van der Waals surface area contributed by atoms with Gasteiger partial charge in [-0.2, -0.15) is 0 Å². The molecule has 0 unspecified atom stereocenters. The Labute approximate surface area is 141 Å². The summed E-state index contributed by atoms with van der Waals surface area (Å²) in [7, 11) is 0. The van der Waals surface area contributed by atoms with Gasteiger partial charge in [0.15, 0.2) is 0 Å². The number of nitrogens with zero attached hydrogens (tertiary/aromatic N) is 2. The fourth-order valence-electron chi connectivity index (χ4n) is 2.66. The van der Waals surface area contributed by atoms with Crippen LogP contribution in [-0.2, 0) is 9.59 Å². The van der Waals surface area contributed by atoms with Crippen molar-refractivity contribution in [3.8, 4) is 0 Å². The summed E-state index contributed by atoms with van der Waals surface area (Å²) in [5, 5.41) is 0.734. The van der Waals surface area contributed by atoms with Crippen LogP contribution in [0.3, 0.4) is 0 Å². The Balaban J connectivity index is 2.04. The third-order valence-electron chi connectivity index (χ3n) is 3.86. The number of carbonyl (C=O) groups is 2. The molecular formula is C16H20Cl2N2O2. The SMILES string of the molecule is CC(=O)N(CCC(=O)N1CCCCC1)c1cccc(Cl)c1Cl. The van der Waals surface area contributed by atoms with Gasteiger partial charge in [-0.15, -0.1) is 0 Å². The van der Waals surface area contributed by atoms with Crippen molar-refractivity contribution in [2.75, 3.05) is 24.5 Å². The minimum atomic E-state index is -0.157. The molecule has 1 saturated heterocycles. The summed E-state index contributed by atoms with van der Waals surface area (Å²) in [6.45, 7) is 3.40. The van der Waals surface area contributed by atoms with Gasteiger partial charge in [0.1, 0.15) is 0 Å². The molecule has 0 N–H and O–H groups in total. The van der Waals surface area contributed by atoms with Gasteiger partial charge in [-0.25, -0.2) is 0 Å². The van der Waals surface area contributed by atoms with Crippen LogP contribution in [0.25, 0.3) is 0 Å². The van der Waals surface area contributed by atoms with Crippen LogP contribution in [0.15, 0.2) is 18.2 Å². The van der Waals surface area contributed by atoms with Gasteiger partial charge in [0, 0.05) is 33.0 Å². The van der Waals surface area contributed by atoms with Crippen molar-refractivity contribution in [3.63, 3.8) is 0 Å². The van der Waals surface area contributed by atoms with E-state index in [0.29, 0.717) is 28.7 Å². The van der Waals surface area contributed by atoms with Crippen molar-refractivity contribution in [1.29, 1.82) is 0 Å². The number of piperidine rings is 1. The van der Waals surface area contributed by atoms with E-state index >= 15 is 0 Å². The minimum Gasteiger partial charge on any atom is -0.343 e. The summed E-state index contributed by atoms with van der Waals surface area (Å²) in [5.41, 5.74) is 0.549. The molecule has 120 valence electrons. The lowest BCUT2D eigenvalue weighted by atomic mass is 10.1. The fraction of sp³-hybridized carbons (Fsp3) is 0.500. The highest BCUT2D eigenvalue weighted by Gasteiger charge is 2.20. The van der Waals surface area contributed by atoms with Crippen molar-refractivity contribution in [2.45, 2.75) is 32.6 Å². The maximum atomic E-state index is 12.2. The Hall–Kier alpha value is -1.26. The second-order valence-electron chi connectivity index (χ2n) is 5.44. The van der Waals surface area contributed by atoms with Crippen LogP contribution in [-0.4, -0.2) is 36.3 Å². The number of halogens is 2. The quantitative estimate of drug-likeness (QED) is 0.835. The molecule has 0 radical (unpaired) electrons. The zero-order valence-electron chi connectivity index (χ0n) is 12.6. The van der Waals surface area contributed by atoms with Crippen molar-refractivity contribution >= 4 is 40.7 Å². The molecule has 0 saturated carbocycles. The fourth-order valence-corrected chi connectivity index (χ4v) is 3.05. The van der Waals surface area contributed by atoms with Gasteiger partial charge < -0.3 is 9.80 Å². The van der Waals surface area contributed by atoms with E-state index in [4.69, 9.17) is 23.2 Å². The van der Waals surface area contributed by atoms with Crippen LogP contribution in [0.2, 0.25) is 10.0 Å². The highest BCUT2D eigenvalue weighted by molar-refractivity contribution is 6.44. The van der Waals surface area contributed by atoms with E-state index in [1.807, 2.05) is 4.90 Å². The van der Waals surface area contributed by atoms with Crippen molar-refractivity contribution < 1.29 is 9.59 Å². The first-order valence-electron chi connectivity index (χ1n) is 7.50. The molecule has 22 heavy (non-hydrogen) atoms. The van der Waals surface area contributed by atoms with Crippen LogP contribution in [0.5, 0.6) is 0 Å². The van der Waals surface area contributed by atoms with Gasteiger partial charge in [0.05, 0.1) is 15.7 Å². The lowest BCUT2D eigenvalue weighted by molar-refractivity contribution is -0.131. The molecule has 0 aliphatic carbocycles. The molecule has 0 spiro atoms. The first-order valence-corrected chi connectivity index (χ1v) is 8.26. The van der Waals surface area contributed by atoms with Gasteiger partial charge >= 0.3 is 0 Å². The standard InChI is InChI=1S/C16H20Cl2N2O2/c1-12(21)20(14-7-5-6-13(17)16(14)18)11-8-15(22)19-9-3-2-4-10-19/h5-7H,2-4,8-11H2,1H3. The second-order valence-corrected chi connectivity index (χ2v) is 6.22. The molecule has 1 aliphatic rings. The smallest absolute Gasteiger partial charge is 0.224 e. The molecule has 2 amide bonds. The highest BCUT2D eigenvalue weighted by Crippen LogP contribution is 2.32. The summed E-state index contributed by atoms with van der Waals surface area (Å²) in [6.07, 6.45) is 3.59. The van der Waals surface area contributed by atoms with E-state index < -0.39 is 0 Å². The zero-order valence-corrected chi connectivity index (χ0v) is 14.2.